The van der Waals surface area contributed by atoms with Gasteiger partial charge < -0.3 is 20.1 Å². The molecule has 2 heterocycles. The topological polar surface area (TPSA) is 91.6 Å². The Bertz CT molecular complexity index is 901. The zero-order valence-corrected chi connectivity index (χ0v) is 15.7. The Labute approximate surface area is 162 Å². The molecule has 1 aromatic carbocycles. The molecule has 1 aromatic heterocycles. The van der Waals surface area contributed by atoms with E-state index >= 15 is 0 Å². The van der Waals surface area contributed by atoms with E-state index in [0.29, 0.717) is 18.2 Å². The van der Waals surface area contributed by atoms with Crippen LogP contribution in [-0.4, -0.2) is 33.3 Å². The quantitative estimate of drug-likeness (QED) is 0.687. The van der Waals surface area contributed by atoms with E-state index in [9.17, 15) is 9.59 Å². The number of benzene rings is 1. The summed E-state index contributed by atoms with van der Waals surface area (Å²) in [6.45, 7) is 4.35. The number of aliphatic carboxylic acids is 2. The lowest BCUT2D eigenvalue weighted by molar-refractivity contribution is -0.134. The van der Waals surface area contributed by atoms with Gasteiger partial charge in [-0.3, -0.25) is 0 Å². The number of rotatable bonds is 2. The van der Waals surface area contributed by atoms with Gasteiger partial charge in [-0.25, -0.2) is 9.59 Å². The van der Waals surface area contributed by atoms with Crippen LogP contribution < -0.4 is 5.32 Å². The van der Waals surface area contributed by atoms with E-state index in [1.165, 1.54) is 28.1 Å². The van der Waals surface area contributed by atoms with Crippen LogP contribution in [0.15, 0.2) is 36.4 Å². The molecule has 1 aliphatic carbocycles. The van der Waals surface area contributed by atoms with Crippen molar-refractivity contribution in [2.75, 3.05) is 6.54 Å². The summed E-state index contributed by atoms with van der Waals surface area (Å²) < 4.78 is 2.49. The highest BCUT2D eigenvalue weighted by Crippen LogP contribution is 2.39. The summed E-state index contributed by atoms with van der Waals surface area (Å²) in [5, 5.41) is 20.0. The highest BCUT2D eigenvalue weighted by atomic mass is 35.5. The fourth-order valence-corrected chi connectivity index (χ4v) is 3.80. The van der Waals surface area contributed by atoms with E-state index < -0.39 is 11.9 Å². The average molecular weight is 389 g/mol. The van der Waals surface area contributed by atoms with Gasteiger partial charge in [-0.1, -0.05) is 17.7 Å². The van der Waals surface area contributed by atoms with E-state index in [1.807, 2.05) is 6.07 Å². The first-order chi connectivity index (χ1) is 12.9. The minimum atomic E-state index is -1.26. The predicted molar refractivity (Wildman–Crippen MR) is 103 cm³/mol. The Balaban J connectivity index is 0.000000226. The number of hydrogen-bond donors (Lipinski definition) is 3. The largest absolute Gasteiger partial charge is 0.478 e. The Morgan fingerprint density at radius 3 is 2.48 bits per heavy atom. The maximum absolute atomic E-state index is 9.55. The number of carboxylic acids is 2. The molecule has 0 spiro atoms. The minimum absolute atomic E-state index is 0.446. The van der Waals surface area contributed by atoms with Crippen LogP contribution >= 0.6 is 11.6 Å². The molecule has 2 aromatic rings. The molecule has 0 saturated heterocycles. The number of carbonyl (C=O) groups is 2. The number of carboxylic acid groups (broad SMARTS) is 2. The number of aryl methyl sites for hydroxylation is 2. The Morgan fingerprint density at radius 1 is 1.15 bits per heavy atom. The van der Waals surface area contributed by atoms with Crippen molar-refractivity contribution in [3.63, 3.8) is 0 Å². The molecule has 7 heteroatoms. The van der Waals surface area contributed by atoms with Crippen LogP contribution in [-0.2, 0) is 29.0 Å². The van der Waals surface area contributed by atoms with Crippen molar-refractivity contribution < 1.29 is 19.8 Å². The fraction of sp³-hybridized carbons (Fsp3) is 0.300. The SMILES string of the molecule is CC1NCCn2c1cc1c2-c2cc(Cl)ccc2CC1.O=C(O)/C=C/C(=O)O. The third-order valence-corrected chi connectivity index (χ3v) is 5.03. The molecular weight excluding hydrogens is 368 g/mol. The average Bonchev–Trinajstić information content (AvgIpc) is 3.01. The molecule has 1 aliphatic heterocycles. The summed E-state index contributed by atoms with van der Waals surface area (Å²) in [5.74, 6) is -2.51. The molecule has 0 bridgehead atoms. The van der Waals surface area contributed by atoms with Crippen molar-refractivity contribution >= 4 is 23.5 Å². The van der Waals surface area contributed by atoms with Crippen molar-refractivity contribution in [3.05, 3.63) is 58.3 Å². The second-order valence-corrected chi connectivity index (χ2v) is 7.02. The van der Waals surface area contributed by atoms with E-state index in [1.54, 1.807) is 0 Å². The summed E-state index contributed by atoms with van der Waals surface area (Å²) in [6, 6.07) is 9.16. The summed E-state index contributed by atoms with van der Waals surface area (Å²) in [7, 11) is 0. The number of halogens is 1. The molecule has 2 aliphatic rings. The molecular formula is C20H21ClN2O4. The number of nitrogens with zero attached hydrogens (tertiary/aromatic N) is 1. The Hall–Kier alpha value is -2.57. The van der Waals surface area contributed by atoms with E-state index in [2.05, 4.69) is 35.0 Å². The van der Waals surface area contributed by atoms with Gasteiger partial charge in [0.15, 0.2) is 0 Å². The number of nitrogens with one attached hydrogen (secondary N) is 1. The molecule has 0 radical (unpaired) electrons. The minimum Gasteiger partial charge on any atom is -0.478 e. The lowest BCUT2D eigenvalue weighted by atomic mass is 9.90. The summed E-state index contributed by atoms with van der Waals surface area (Å²) in [4.78, 5) is 19.1. The summed E-state index contributed by atoms with van der Waals surface area (Å²) in [6.07, 6.45) is 3.39. The van der Waals surface area contributed by atoms with E-state index in [-0.39, 0.29) is 0 Å². The van der Waals surface area contributed by atoms with Gasteiger partial charge in [-0.2, -0.15) is 0 Å². The zero-order valence-electron chi connectivity index (χ0n) is 14.9. The van der Waals surface area contributed by atoms with Crippen LogP contribution in [0.5, 0.6) is 0 Å². The molecule has 0 saturated carbocycles. The monoisotopic (exact) mass is 388 g/mol. The van der Waals surface area contributed by atoms with Crippen LogP contribution in [0.3, 0.4) is 0 Å². The molecule has 0 amide bonds. The third-order valence-electron chi connectivity index (χ3n) is 4.80. The summed E-state index contributed by atoms with van der Waals surface area (Å²) >= 11 is 6.20. The van der Waals surface area contributed by atoms with Gasteiger partial charge in [0.2, 0.25) is 0 Å². The first kappa shape index (κ1) is 19.2. The van der Waals surface area contributed by atoms with Crippen LogP contribution in [0.2, 0.25) is 5.02 Å². The molecule has 4 rings (SSSR count). The molecule has 6 nitrogen and oxygen atoms in total. The molecule has 0 fully saturated rings. The number of aromatic nitrogens is 1. The first-order valence-corrected chi connectivity index (χ1v) is 9.13. The zero-order chi connectivity index (χ0) is 19.6. The highest BCUT2D eigenvalue weighted by Gasteiger charge is 2.26. The lowest BCUT2D eigenvalue weighted by Crippen LogP contribution is -2.31. The number of fused-ring (bicyclic) bond motifs is 5. The van der Waals surface area contributed by atoms with Gasteiger partial charge in [-0.15, -0.1) is 0 Å². The Kier molecular flexibility index (Phi) is 5.68. The second-order valence-electron chi connectivity index (χ2n) is 6.58. The maximum atomic E-state index is 9.55. The Morgan fingerprint density at radius 2 is 1.81 bits per heavy atom. The van der Waals surface area contributed by atoms with Crippen molar-refractivity contribution in [3.8, 4) is 11.3 Å². The maximum Gasteiger partial charge on any atom is 0.328 e. The van der Waals surface area contributed by atoms with Crippen LogP contribution in [0, 0.1) is 0 Å². The van der Waals surface area contributed by atoms with Crippen LogP contribution in [0.4, 0.5) is 0 Å². The van der Waals surface area contributed by atoms with Crippen molar-refractivity contribution in [2.24, 2.45) is 0 Å². The smallest absolute Gasteiger partial charge is 0.328 e. The molecule has 27 heavy (non-hydrogen) atoms. The molecule has 1 atom stereocenters. The predicted octanol–water partition coefficient (Wildman–Crippen LogP) is 3.28. The molecule has 3 N–H and O–H groups in total. The van der Waals surface area contributed by atoms with Gasteiger partial charge in [0.1, 0.15) is 0 Å². The fourth-order valence-electron chi connectivity index (χ4n) is 3.63. The van der Waals surface area contributed by atoms with E-state index in [0.717, 1.165) is 31.0 Å². The van der Waals surface area contributed by atoms with Gasteiger partial charge in [0.25, 0.3) is 0 Å². The van der Waals surface area contributed by atoms with Crippen molar-refractivity contribution in [1.82, 2.24) is 9.88 Å². The van der Waals surface area contributed by atoms with Gasteiger partial charge >= 0.3 is 11.9 Å². The van der Waals surface area contributed by atoms with Crippen LogP contribution in [0.1, 0.15) is 29.8 Å². The first-order valence-electron chi connectivity index (χ1n) is 8.75. The normalized spacial score (nSPS) is 17.3. The van der Waals surface area contributed by atoms with Gasteiger partial charge in [-0.05, 0) is 49.1 Å². The number of hydrogen-bond acceptors (Lipinski definition) is 3. The third kappa shape index (κ3) is 4.23. The van der Waals surface area contributed by atoms with Crippen molar-refractivity contribution in [2.45, 2.75) is 32.4 Å². The second kappa shape index (κ2) is 7.98. The standard InChI is InChI=1S/C16H17ClN2.C4H4O4/c1-10-15-8-12-3-2-11-4-5-13(17)9-14(11)16(12)19(15)7-6-18-10;5-3(6)1-2-4(7)8/h4-5,8-10,18H,2-3,6-7H2,1H3;1-2H,(H,5,6)(H,7,8)/b;2-1+. The van der Waals surface area contributed by atoms with Crippen molar-refractivity contribution in [1.29, 1.82) is 0 Å². The van der Waals surface area contributed by atoms with Gasteiger partial charge in [0, 0.05) is 47.6 Å². The van der Waals surface area contributed by atoms with Crippen LogP contribution in [0.25, 0.3) is 11.3 Å². The van der Waals surface area contributed by atoms with E-state index in [4.69, 9.17) is 21.8 Å². The highest BCUT2D eigenvalue weighted by molar-refractivity contribution is 6.30. The lowest BCUT2D eigenvalue weighted by Gasteiger charge is -2.26. The summed E-state index contributed by atoms with van der Waals surface area (Å²) in [5.41, 5.74) is 7.09. The molecule has 142 valence electrons. The molecule has 1 unspecified atom stereocenters. The van der Waals surface area contributed by atoms with Gasteiger partial charge in [0.05, 0.1) is 5.69 Å².